The summed E-state index contributed by atoms with van der Waals surface area (Å²) in [4.78, 5) is 18.7. The van der Waals surface area contributed by atoms with Crippen LogP contribution in [0.25, 0.3) is 11.3 Å². The maximum atomic E-state index is 12.3. The van der Waals surface area contributed by atoms with E-state index in [1.54, 1.807) is 12.4 Å². The third-order valence-electron chi connectivity index (χ3n) is 6.04. The summed E-state index contributed by atoms with van der Waals surface area (Å²) in [6.07, 6.45) is 11.6. The van der Waals surface area contributed by atoms with Crippen LogP contribution in [0.2, 0.25) is 0 Å². The normalized spacial score (nSPS) is 19.2. The molecule has 1 aliphatic carbocycles. The molecular formula is C21H29N5O. The van der Waals surface area contributed by atoms with Crippen LogP contribution in [-0.4, -0.2) is 40.7 Å². The summed E-state index contributed by atoms with van der Waals surface area (Å²) in [7, 11) is 0. The van der Waals surface area contributed by atoms with Gasteiger partial charge in [0.25, 0.3) is 0 Å². The Balaban J connectivity index is 1.24. The zero-order valence-corrected chi connectivity index (χ0v) is 15.9. The minimum absolute atomic E-state index is 0.259. The molecule has 2 aromatic heterocycles. The fraction of sp³-hybridized carbons (Fsp3) is 0.571. The monoisotopic (exact) mass is 367 g/mol. The predicted molar refractivity (Wildman–Crippen MR) is 106 cm³/mol. The van der Waals surface area contributed by atoms with E-state index in [0.717, 1.165) is 62.4 Å². The minimum atomic E-state index is 0.259. The second-order valence-corrected chi connectivity index (χ2v) is 7.89. The first-order valence-electron chi connectivity index (χ1n) is 10.3. The number of carbonyl (C=O) groups is 1. The Labute approximate surface area is 160 Å². The Morgan fingerprint density at radius 1 is 1.11 bits per heavy atom. The maximum absolute atomic E-state index is 12.3. The molecule has 1 saturated heterocycles. The molecule has 144 valence electrons. The standard InChI is InChI=1S/C21H29N5O/c27-21(18-4-2-1-3-5-18)23-15-16-8-12-26(13-9-16)20-14-19(24-25-20)17-6-10-22-11-7-17/h6-7,10-11,14,16,18H,1-5,8-9,12-13,15H2,(H,23,27)(H,24,25). The number of rotatable bonds is 5. The first-order valence-corrected chi connectivity index (χ1v) is 10.3. The van der Waals surface area contributed by atoms with E-state index in [1.165, 1.54) is 19.3 Å². The van der Waals surface area contributed by atoms with E-state index >= 15 is 0 Å². The van der Waals surface area contributed by atoms with E-state index in [2.05, 4.69) is 31.5 Å². The molecule has 2 aliphatic rings. The molecule has 2 aromatic rings. The van der Waals surface area contributed by atoms with E-state index in [0.29, 0.717) is 5.92 Å². The van der Waals surface area contributed by atoms with Crippen molar-refractivity contribution in [3.05, 3.63) is 30.6 Å². The van der Waals surface area contributed by atoms with Crippen LogP contribution >= 0.6 is 0 Å². The molecule has 1 saturated carbocycles. The van der Waals surface area contributed by atoms with Gasteiger partial charge in [-0.2, -0.15) is 5.10 Å². The highest BCUT2D eigenvalue weighted by atomic mass is 16.1. The third-order valence-corrected chi connectivity index (χ3v) is 6.04. The average Bonchev–Trinajstić information content (AvgIpc) is 3.24. The van der Waals surface area contributed by atoms with Crippen LogP contribution in [-0.2, 0) is 4.79 Å². The van der Waals surface area contributed by atoms with E-state index < -0.39 is 0 Å². The Hall–Kier alpha value is -2.37. The van der Waals surface area contributed by atoms with E-state index in [-0.39, 0.29) is 11.8 Å². The van der Waals surface area contributed by atoms with Crippen LogP contribution < -0.4 is 10.2 Å². The quantitative estimate of drug-likeness (QED) is 0.850. The van der Waals surface area contributed by atoms with E-state index in [1.807, 2.05) is 12.1 Å². The van der Waals surface area contributed by atoms with Crippen LogP contribution in [0.4, 0.5) is 5.82 Å². The van der Waals surface area contributed by atoms with Crippen molar-refractivity contribution in [2.75, 3.05) is 24.5 Å². The molecule has 0 unspecified atom stereocenters. The third kappa shape index (κ3) is 4.49. The van der Waals surface area contributed by atoms with Crippen molar-refractivity contribution < 1.29 is 4.79 Å². The second-order valence-electron chi connectivity index (χ2n) is 7.89. The highest BCUT2D eigenvalue weighted by molar-refractivity contribution is 5.78. The van der Waals surface area contributed by atoms with Crippen molar-refractivity contribution in [3.8, 4) is 11.3 Å². The molecule has 1 amide bonds. The number of amides is 1. The lowest BCUT2D eigenvalue weighted by atomic mass is 9.88. The highest BCUT2D eigenvalue weighted by Crippen LogP contribution is 2.26. The van der Waals surface area contributed by atoms with Crippen molar-refractivity contribution in [3.63, 3.8) is 0 Å². The molecule has 0 atom stereocenters. The number of H-pyrrole nitrogens is 1. The zero-order chi connectivity index (χ0) is 18.5. The Morgan fingerprint density at radius 3 is 2.59 bits per heavy atom. The minimum Gasteiger partial charge on any atom is -0.356 e. The van der Waals surface area contributed by atoms with Crippen LogP contribution in [0.15, 0.2) is 30.6 Å². The van der Waals surface area contributed by atoms with Gasteiger partial charge in [0.1, 0.15) is 0 Å². The summed E-state index contributed by atoms with van der Waals surface area (Å²) < 4.78 is 0. The fourth-order valence-corrected chi connectivity index (χ4v) is 4.27. The summed E-state index contributed by atoms with van der Waals surface area (Å²) in [6.45, 7) is 2.81. The fourth-order valence-electron chi connectivity index (χ4n) is 4.27. The number of carbonyl (C=O) groups excluding carboxylic acids is 1. The molecule has 0 radical (unpaired) electrons. The van der Waals surface area contributed by atoms with Gasteiger partial charge in [0.15, 0.2) is 5.82 Å². The second kappa shape index (κ2) is 8.55. The number of nitrogens with zero attached hydrogens (tertiary/aromatic N) is 3. The molecule has 2 N–H and O–H groups in total. The summed E-state index contributed by atoms with van der Waals surface area (Å²) in [5.41, 5.74) is 2.12. The number of aromatic amines is 1. The molecule has 4 rings (SSSR count). The van der Waals surface area contributed by atoms with Gasteiger partial charge in [-0.05, 0) is 43.7 Å². The Morgan fingerprint density at radius 2 is 1.85 bits per heavy atom. The smallest absolute Gasteiger partial charge is 0.223 e. The summed E-state index contributed by atoms with van der Waals surface area (Å²) in [5.74, 6) is 2.12. The molecular weight excluding hydrogens is 338 g/mol. The molecule has 6 heteroatoms. The Kier molecular flexibility index (Phi) is 5.70. The number of pyridine rings is 1. The first-order chi connectivity index (χ1) is 13.3. The molecule has 0 bridgehead atoms. The van der Waals surface area contributed by atoms with Crippen molar-refractivity contribution >= 4 is 11.7 Å². The lowest BCUT2D eigenvalue weighted by molar-refractivity contribution is -0.126. The van der Waals surface area contributed by atoms with Crippen molar-refractivity contribution in [1.29, 1.82) is 0 Å². The molecule has 2 fully saturated rings. The molecule has 27 heavy (non-hydrogen) atoms. The van der Waals surface area contributed by atoms with Crippen LogP contribution in [0, 0.1) is 11.8 Å². The predicted octanol–water partition coefficient (Wildman–Crippen LogP) is 3.38. The number of anilines is 1. The van der Waals surface area contributed by atoms with Crippen molar-refractivity contribution in [2.45, 2.75) is 44.9 Å². The Bertz CT molecular complexity index is 730. The van der Waals surface area contributed by atoms with Crippen LogP contribution in [0.3, 0.4) is 0 Å². The van der Waals surface area contributed by atoms with Crippen molar-refractivity contribution in [1.82, 2.24) is 20.5 Å². The lowest BCUT2D eigenvalue weighted by Crippen LogP contribution is -2.40. The van der Waals surface area contributed by atoms with Gasteiger partial charge in [-0.1, -0.05) is 19.3 Å². The summed E-state index contributed by atoms with van der Waals surface area (Å²) >= 11 is 0. The molecule has 3 heterocycles. The largest absolute Gasteiger partial charge is 0.356 e. The number of nitrogens with one attached hydrogen (secondary N) is 2. The lowest BCUT2D eigenvalue weighted by Gasteiger charge is -2.32. The molecule has 0 spiro atoms. The van der Waals surface area contributed by atoms with E-state index in [4.69, 9.17) is 0 Å². The summed E-state index contributed by atoms with van der Waals surface area (Å²) in [5, 5.41) is 10.8. The SMILES string of the molecule is O=C(NCC1CCN(c2cc(-c3ccncc3)[nH]n2)CC1)C1CCCCC1. The van der Waals surface area contributed by atoms with E-state index in [9.17, 15) is 4.79 Å². The molecule has 0 aromatic carbocycles. The van der Waals surface area contributed by atoms with Gasteiger partial charge < -0.3 is 10.2 Å². The molecule has 6 nitrogen and oxygen atoms in total. The van der Waals surface area contributed by atoms with Gasteiger partial charge >= 0.3 is 0 Å². The number of aromatic nitrogens is 3. The topological polar surface area (TPSA) is 73.9 Å². The van der Waals surface area contributed by atoms with Gasteiger partial charge in [-0.15, -0.1) is 0 Å². The molecule has 1 aliphatic heterocycles. The van der Waals surface area contributed by atoms with Crippen LogP contribution in [0.5, 0.6) is 0 Å². The number of hydrogen-bond donors (Lipinski definition) is 2. The van der Waals surface area contributed by atoms with Gasteiger partial charge in [0, 0.05) is 49.6 Å². The average molecular weight is 367 g/mol. The highest BCUT2D eigenvalue weighted by Gasteiger charge is 2.24. The van der Waals surface area contributed by atoms with Gasteiger partial charge in [-0.3, -0.25) is 14.9 Å². The van der Waals surface area contributed by atoms with Gasteiger partial charge in [0.2, 0.25) is 5.91 Å². The summed E-state index contributed by atoms with van der Waals surface area (Å²) in [6, 6.07) is 6.08. The number of piperidine rings is 1. The maximum Gasteiger partial charge on any atom is 0.223 e. The van der Waals surface area contributed by atoms with Crippen LogP contribution in [0.1, 0.15) is 44.9 Å². The number of hydrogen-bond acceptors (Lipinski definition) is 4. The van der Waals surface area contributed by atoms with Crippen molar-refractivity contribution in [2.24, 2.45) is 11.8 Å². The zero-order valence-electron chi connectivity index (χ0n) is 15.9. The first kappa shape index (κ1) is 18.0. The van der Waals surface area contributed by atoms with Gasteiger partial charge in [0.05, 0.1) is 5.69 Å². The van der Waals surface area contributed by atoms with Gasteiger partial charge in [-0.25, -0.2) is 0 Å².